The maximum Gasteiger partial charge on any atom is 0.253 e. The van der Waals surface area contributed by atoms with Crippen molar-refractivity contribution in [2.45, 2.75) is 26.2 Å². The van der Waals surface area contributed by atoms with E-state index >= 15 is 0 Å². The number of halogens is 1. The van der Waals surface area contributed by atoms with Gasteiger partial charge in [-0.15, -0.1) is 0 Å². The van der Waals surface area contributed by atoms with Crippen LogP contribution in [0, 0.1) is 0 Å². The summed E-state index contributed by atoms with van der Waals surface area (Å²) in [5.74, 6) is -0.0442. The van der Waals surface area contributed by atoms with Crippen LogP contribution in [0.15, 0.2) is 22.9 Å². The summed E-state index contributed by atoms with van der Waals surface area (Å²) in [6.07, 6.45) is 6.73. The Labute approximate surface area is 114 Å². The van der Waals surface area contributed by atoms with Crippen LogP contribution in [-0.4, -0.2) is 22.4 Å². The van der Waals surface area contributed by atoms with E-state index in [9.17, 15) is 4.79 Å². The number of hydrogen-bond acceptors (Lipinski definition) is 2. The van der Waals surface area contributed by atoms with E-state index in [1.807, 2.05) is 6.07 Å². The summed E-state index contributed by atoms with van der Waals surface area (Å²) in [5, 5.41) is 3.77. The van der Waals surface area contributed by atoms with Gasteiger partial charge in [0, 0.05) is 28.8 Å². The number of nitrogens with zero attached hydrogens (tertiary/aromatic N) is 1. The predicted octanol–water partition coefficient (Wildman–Crippen LogP) is 3.25. The van der Waals surface area contributed by atoms with Crippen LogP contribution in [-0.2, 0) is 0 Å². The van der Waals surface area contributed by atoms with Crippen molar-refractivity contribution in [3.05, 3.63) is 28.5 Å². The normalized spacial score (nSPS) is 10.8. The average Bonchev–Trinajstić information content (AvgIpc) is 2.77. The van der Waals surface area contributed by atoms with Gasteiger partial charge < -0.3 is 10.3 Å². The lowest BCUT2D eigenvalue weighted by atomic mass is 10.2. The van der Waals surface area contributed by atoms with Gasteiger partial charge in [-0.1, -0.05) is 19.8 Å². The van der Waals surface area contributed by atoms with Gasteiger partial charge in [-0.3, -0.25) is 4.79 Å². The quantitative estimate of drug-likeness (QED) is 0.833. The van der Waals surface area contributed by atoms with Crippen molar-refractivity contribution in [3.8, 4) is 0 Å². The van der Waals surface area contributed by atoms with Gasteiger partial charge in [0.15, 0.2) is 0 Å². The summed E-state index contributed by atoms with van der Waals surface area (Å²) >= 11 is 3.37. The summed E-state index contributed by atoms with van der Waals surface area (Å²) in [6.45, 7) is 2.87. The average molecular weight is 310 g/mol. The summed E-state index contributed by atoms with van der Waals surface area (Å²) in [4.78, 5) is 19.2. The molecular weight excluding hydrogens is 294 g/mol. The van der Waals surface area contributed by atoms with E-state index in [1.165, 1.54) is 0 Å². The Balaban J connectivity index is 2.10. The Hall–Kier alpha value is -1.36. The first-order valence-corrected chi connectivity index (χ1v) is 6.92. The third-order valence-corrected chi connectivity index (χ3v) is 3.24. The minimum atomic E-state index is -0.0442. The van der Waals surface area contributed by atoms with Gasteiger partial charge in [-0.2, -0.15) is 0 Å². The van der Waals surface area contributed by atoms with E-state index in [4.69, 9.17) is 0 Å². The highest BCUT2D eigenvalue weighted by molar-refractivity contribution is 9.10. The molecule has 0 unspecified atom stereocenters. The minimum Gasteiger partial charge on any atom is -0.352 e. The molecule has 0 bridgehead atoms. The van der Waals surface area contributed by atoms with E-state index in [2.05, 4.69) is 38.1 Å². The SMILES string of the molecule is CCCCCNC(=O)c1c[nH]c2ncc(Br)cc12. The molecule has 0 fully saturated rings. The number of carbonyl (C=O) groups is 1. The maximum absolute atomic E-state index is 12.0. The van der Waals surface area contributed by atoms with Gasteiger partial charge in [-0.25, -0.2) is 4.98 Å². The molecule has 1 amide bonds. The molecule has 0 radical (unpaired) electrons. The Morgan fingerprint density at radius 2 is 2.33 bits per heavy atom. The largest absolute Gasteiger partial charge is 0.352 e. The molecule has 0 aliphatic carbocycles. The molecular formula is C13H16BrN3O. The third-order valence-electron chi connectivity index (χ3n) is 2.81. The number of fused-ring (bicyclic) bond motifs is 1. The number of pyridine rings is 1. The van der Waals surface area contributed by atoms with Crippen molar-refractivity contribution in [2.75, 3.05) is 6.54 Å². The van der Waals surface area contributed by atoms with E-state index in [1.54, 1.807) is 12.4 Å². The number of aromatic nitrogens is 2. The monoisotopic (exact) mass is 309 g/mol. The molecule has 0 aromatic carbocycles. The first-order chi connectivity index (χ1) is 8.72. The van der Waals surface area contributed by atoms with Crippen LogP contribution in [0.2, 0.25) is 0 Å². The smallest absolute Gasteiger partial charge is 0.253 e. The van der Waals surface area contributed by atoms with Crippen molar-refractivity contribution in [3.63, 3.8) is 0 Å². The summed E-state index contributed by atoms with van der Waals surface area (Å²) in [6, 6.07) is 1.90. The first-order valence-electron chi connectivity index (χ1n) is 6.13. The molecule has 2 aromatic heterocycles. The molecule has 4 nitrogen and oxygen atoms in total. The van der Waals surface area contributed by atoms with Crippen LogP contribution >= 0.6 is 15.9 Å². The van der Waals surface area contributed by atoms with E-state index < -0.39 is 0 Å². The molecule has 96 valence electrons. The zero-order valence-electron chi connectivity index (χ0n) is 10.3. The molecule has 2 N–H and O–H groups in total. The minimum absolute atomic E-state index is 0.0442. The van der Waals surface area contributed by atoms with Crippen LogP contribution < -0.4 is 5.32 Å². The second kappa shape index (κ2) is 6.00. The fourth-order valence-corrected chi connectivity index (χ4v) is 2.17. The zero-order valence-corrected chi connectivity index (χ0v) is 11.9. The number of nitrogens with one attached hydrogen (secondary N) is 2. The van der Waals surface area contributed by atoms with Crippen molar-refractivity contribution < 1.29 is 4.79 Å². The van der Waals surface area contributed by atoms with Gasteiger partial charge in [0.1, 0.15) is 5.65 Å². The summed E-state index contributed by atoms with van der Waals surface area (Å²) < 4.78 is 0.870. The molecule has 0 spiro atoms. The molecule has 2 rings (SSSR count). The summed E-state index contributed by atoms with van der Waals surface area (Å²) in [7, 11) is 0. The lowest BCUT2D eigenvalue weighted by molar-refractivity contribution is 0.0954. The highest BCUT2D eigenvalue weighted by atomic mass is 79.9. The molecule has 18 heavy (non-hydrogen) atoms. The van der Waals surface area contributed by atoms with E-state index in [0.29, 0.717) is 5.56 Å². The fourth-order valence-electron chi connectivity index (χ4n) is 1.84. The topological polar surface area (TPSA) is 57.8 Å². The number of unbranched alkanes of at least 4 members (excludes halogenated alkanes) is 2. The number of carbonyl (C=O) groups excluding carboxylic acids is 1. The van der Waals surface area contributed by atoms with Crippen molar-refractivity contribution in [1.29, 1.82) is 0 Å². The molecule has 0 saturated carbocycles. The molecule has 0 atom stereocenters. The standard InChI is InChI=1S/C13H16BrN3O/c1-2-3-4-5-15-13(18)11-8-17-12-10(11)6-9(14)7-16-12/h6-8H,2-5H2,1H3,(H,15,18)(H,16,17). The first kappa shape index (κ1) is 13.1. The second-order valence-electron chi connectivity index (χ2n) is 4.22. The Kier molecular flexibility index (Phi) is 4.36. The van der Waals surface area contributed by atoms with Gasteiger partial charge in [0.05, 0.1) is 5.56 Å². The second-order valence-corrected chi connectivity index (χ2v) is 5.13. The Bertz CT molecular complexity index is 550. The molecule has 5 heteroatoms. The van der Waals surface area contributed by atoms with Crippen LogP contribution in [0.25, 0.3) is 11.0 Å². The van der Waals surface area contributed by atoms with Gasteiger partial charge in [0.25, 0.3) is 5.91 Å². The highest BCUT2D eigenvalue weighted by Gasteiger charge is 2.12. The third kappa shape index (κ3) is 2.90. The number of aromatic amines is 1. The van der Waals surface area contributed by atoms with Gasteiger partial charge in [0.2, 0.25) is 0 Å². The predicted molar refractivity (Wildman–Crippen MR) is 75.7 cm³/mol. The van der Waals surface area contributed by atoms with Crippen LogP contribution in [0.1, 0.15) is 36.5 Å². The summed E-state index contributed by atoms with van der Waals surface area (Å²) in [5.41, 5.74) is 1.38. The molecule has 0 aliphatic heterocycles. The number of hydrogen-bond donors (Lipinski definition) is 2. The van der Waals surface area contributed by atoms with Crippen molar-refractivity contribution in [2.24, 2.45) is 0 Å². The van der Waals surface area contributed by atoms with Crippen molar-refractivity contribution >= 4 is 32.9 Å². The molecule has 0 saturated heterocycles. The van der Waals surface area contributed by atoms with Gasteiger partial charge in [-0.05, 0) is 28.4 Å². The highest BCUT2D eigenvalue weighted by Crippen LogP contribution is 2.20. The molecule has 2 aromatic rings. The van der Waals surface area contributed by atoms with Crippen molar-refractivity contribution in [1.82, 2.24) is 15.3 Å². The molecule has 0 aliphatic rings. The number of amides is 1. The zero-order chi connectivity index (χ0) is 13.0. The van der Waals surface area contributed by atoms with Crippen LogP contribution in [0.4, 0.5) is 0 Å². The number of H-pyrrole nitrogens is 1. The fraction of sp³-hybridized carbons (Fsp3) is 0.385. The lowest BCUT2D eigenvalue weighted by Gasteiger charge is -2.03. The Morgan fingerprint density at radius 1 is 1.50 bits per heavy atom. The van der Waals surface area contributed by atoms with Crippen LogP contribution in [0.3, 0.4) is 0 Å². The lowest BCUT2D eigenvalue weighted by Crippen LogP contribution is -2.24. The van der Waals surface area contributed by atoms with Gasteiger partial charge >= 0.3 is 0 Å². The molecule has 2 heterocycles. The maximum atomic E-state index is 12.0. The van der Waals surface area contributed by atoms with E-state index in [-0.39, 0.29) is 5.91 Å². The Morgan fingerprint density at radius 3 is 3.11 bits per heavy atom. The van der Waals surface area contributed by atoms with E-state index in [0.717, 1.165) is 41.3 Å². The number of rotatable bonds is 5. The van der Waals surface area contributed by atoms with Crippen LogP contribution in [0.5, 0.6) is 0 Å².